The van der Waals surface area contributed by atoms with Gasteiger partial charge in [-0.15, -0.1) is 6.58 Å². The molecule has 7 heteroatoms. The number of benzene rings is 2. The molecule has 32 heavy (non-hydrogen) atoms. The van der Waals surface area contributed by atoms with Gasteiger partial charge in [-0.2, -0.15) is 14.0 Å². The molecule has 2 aromatic rings. The average Bonchev–Trinajstić information content (AvgIpc) is 2.73. The van der Waals surface area contributed by atoms with Gasteiger partial charge in [-0.3, -0.25) is 0 Å². The Balaban J connectivity index is 1.69. The fourth-order valence-corrected chi connectivity index (χ4v) is 4.28. The molecule has 0 atom stereocenters. The van der Waals surface area contributed by atoms with Gasteiger partial charge in [0, 0.05) is 12.1 Å². The van der Waals surface area contributed by atoms with Crippen LogP contribution in [0.15, 0.2) is 43.0 Å². The van der Waals surface area contributed by atoms with Crippen LogP contribution in [0.5, 0.6) is 5.75 Å². The Morgan fingerprint density at radius 3 is 2.25 bits per heavy atom. The van der Waals surface area contributed by atoms with Gasteiger partial charge in [0.15, 0.2) is 0 Å². The van der Waals surface area contributed by atoms with E-state index in [1.807, 2.05) is 6.08 Å². The topological polar surface area (TPSA) is 33.0 Å². The van der Waals surface area contributed by atoms with Crippen LogP contribution in [0.2, 0.25) is 0 Å². The van der Waals surface area contributed by atoms with E-state index >= 15 is 0 Å². The highest BCUT2D eigenvalue weighted by Gasteiger charge is 2.38. The standard InChI is InChI=1S/C25H24F5NO/c1-2-3-4-5-16-6-8-17(9-7-16)18-10-11-21(24(28)12-18)25(29,30)32-19-13-22(26)20(15-31)23(27)14-19/h2,10-14,16-17H,1,3-9H2. The number of allylic oxidation sites excluding steroid dienone is 1. The molecule has 2 aromatic carbocycles. The van der Waals surface area contributed by atoms with Crippen molar-refractivity contribution in [2.24, 2.45) is 5.92 Å². The largest absolute Gasteiger partial charge is 0.429 e. The highest BCUT2D eigenvalue weighted by Crippen LogP contribution is 2.40. The minimum atomic E-state index is -4.15. The highest BCUT2D eigenvalue weighted by atomic mass is 19.3. The number of nitriles is 1. The van der Waals surface area contributed by atoms with Gasteiger partial charge in [0.25, 0.3) is 0 Å². The number of nitrogens with zero attached hydrogens (tertiary/aromatic N) is 1. The number of hydrogen-bond acceptors (Lipinski definition) is 2. The molecule has 3 rings (SSSR count). The first kappa shape index (κ1) is 23.8. The SMILES string of the molecule is C=CCCCC1CCC(c2ccc(C(F)(F)Oc3cc(F)c(C#N)c(F)c3)c(F)c2)CC1. The quantitative estimate of drug-likeness (QED) is 0.235. The summed E-state index contributed by atoms with van der Waals surface area (Å²) in [4.78, 5) is 0. The van der Waals surface area contributed by atoms with Gasteiger partial charge < -0.3 is 4.74 Å². The van der Waals surface area contributed by atoms with E-state index in [2.05, 4.69) is 11.3 Å². The molecule has 0 aliphatic heterocycles. The lowest BCUT2D eigenvalue weighted by molar-refractivity contribution is -0.187. The summed E-state index contributed by atoms with van der Waals surface area (Å²) in [6.45, 7) is 3.72. The number of ether oxygens (including phenoxy) is 1. The van der Waals surface area contributed by atoms with Crippen LogP contribution >= 0.6 is 0 Å². The zero-order valence-corrected chi connectivity index (χ0v) is 17.5. The van der Waals surface area contributed by atoms with Gasteiger partial charge in [-0.05, 0) is 68.1 Å². The lowest BCUT2D eigenvalue weighted by Crippen LogP contribution is -2.24. The molecule has 1 aliphatic carbocycles. The Morgan fingerprint density at radius 1 is 1.03 bits per heavy atom. The monoisotopic (exact) mass is 449 g/mol. The predicted molar refractivity (Wildman–Crippen MR) is 111 cm³/mol. The van der Waals surface area contributed by atoms with E-state index in [1.165, 1.54) is 12.1 Å². The molecule has 0 saturated heterocycles. The minimum Gasteiger partial charge on any atom is -0.429 e. The Kier molecular flexibility index (Phi) is 7.55. The van der Waals surface area contributed by atoms with Gasteiger partial charge in [0.1, 0.15) is 34.8 Å². The molecule has 0 heterocycles. The molecule has 170 valence electrons. The second-order valence-corrected chi connectivity index (χ2v) is 8.17. The molecule has 0 N–H and O–H groups in total. The summed E-state index contributed by atoms with van der Waals surface area (Å²) in [5.74, 6) is -3.94. The first-order valence-electron chi connectivity index (χ1n) is 10.6. The van der Waals surface area contributed by atoms with Gasteiger partial charge in [0.2, 0.25) is 0 Å². The third-order valence-electron chi connectivity index (χ3n) is 6.02. The van der Waals surface area contributed by atoms with Crippen molar-refractivity contribution in [2.45, 2.75) is 57.0 Å². The number of unbranched alkanes of at least 4 members (excludes halogenated alkanes) is 1. The second-order valence-electron chi connectivity index (χ2n) is 8.17. The molecule has 2 nitrogen and oxygen atoms in total. The fourth-order valence-electron chi connectivity index (χ4n) is 4.28. The summed E-state index contributed by atoms with van der Waals surface area (Å²) in [6.07, 6.45) is 4.74. The predicted octanol–water partition coefficient (Wildman–Crippen LogP) is 7.73. The normalized spacial score (nSPS) is 18.8. The summed E-state index contributed by atoms with van der Waals surface area (Å²) in [5.41, 5.74) is -1.28. The van der Waals surface area contributed by atoms with Crippen LogP contribution in [0.25, 0.3) is 0 Å². The maximum absolute atomic E-state index is 14.6. The van der Waals surface area contributed by atoms with Gasteiger partial charge in [-0.25, -0.2) is 13.2 Å². The van der Waals surface area contributed by atoms with Crippen molar-refractivity contribution in [3.05, 3.63) is 77.1 Å². The zero-order chi connectivity index (χ0) is 23.3. The summed E-state index contributed by atoms with van der Waals surface area (Å²) in [6, 6.07) is 5.73. The van der Waals surface area contributed by atoms with Crippen molar-refractivity contribution in [2.75, 3.05) is 0 Å². The van der Waals surface area contributed by atoms with Gasteiger partial charge in [-0.1, -0.05) is 18.6 Å². The molecule has 0 bridgehead atoms. The third kappa shape index (κ3) is 5.48. The summed E-state index contributed by atoms with van der Waals surface area (Å²) < 4.78 is 75.4. The van der Waals surface area contributed by atoms with Crippen LogP contribution in [0.1, 0.15) is 67.6 Å². The van der Waals surface area contributed by atoms with E-state index in [4.69, 9.17) is 5.26 Å². The van der Waals surface area contributed by atoms with Crippen molar-refractivity contribution in [1.82, 2.24) is 0 Å². The molecule has 1 saturated carbocycles. The average molecular weight is 449 g/mol. The van der Waals surface area contributed by atoms with Crippen LogP contribution in [0.4, 0.5) is 22.0 Å². The Morgan fingerprint density at radius 2 is 1.69 bits per heavy atom. The number of halogens is 5. The lowest BCUT2D eigenvalue weighted by Gasteiger charge is -2.29. The van der Waals surface area contributed by atoms with Crippen molar-refractivity contribution >= 4 is 0 Å². The van der Waals surface area contributed by atoms with E-state index in [1.54, 1.807) is 0 Å². The van der Waals surface area contributed by atoms with E-state index in [9.17, 15) is 22.0 Å². The number of rotatable bonds is 8. The van der Waals surface area contributed by atoms with E-state index in [0.29, 0.717) is 23.6 Å². The van der Waals surface area contributed by atoms with Crippen LogP contribution in [0, 0.1) is 34.7 Å². The molecule has 0 spiro atoms. The molecule has 1 fully saturated rings. The summed E-state index contributed by atoms with van der Waals surface area (Å²) in [5, 5.41) is 8.66. The second kappa shape index (κ2) is 10.2. The zero-order valence-electron chi connectivity index (χ0n) is 17.5. The maximum Gasteiger partial charge on any atom is 0.429 e. The molecule has 0 aromatic heterocycles. The minimum absolute atomic E-state index is 0.102. The summed E-state index contributed by atoms with van der Waals surface area (Å²) >= 11 is 0. The molecular formula is C25H24F5NO. The Labute approximate surface area is 184 Å². The first-order valence-corrected chi connectivity index (χ1v) is 10.6. The van der Waals surface area contributed by atoms with Crippen LogP contribution in [-0.4, -0.2) is 0 Å². The van der Waals surface area contributed by atoms with Crippen LogP contribution in [0.3, 0.4) is 0 Å². The first-order chi connectivity index (χ1) is 15.2. The Bertz CT molecular complexity index is 983. The van der Waals surface area contributed by atoms with Crippen molar-refractivity contribution in [3.8, 4) is 11.8 Å². The van der Waals surface area contributed by atoms with Gasteiger partial charge in [0.05, 0.1) is 5.56 Å². The third-order valence-corrected chi connectivity index (χ3v) is 6.02. The molecule has 0 unspecified atom stereocenters. The van der Waals surface area contributed by atoms with E-state index in [0.717, 1.165) is 57.1 Å². The molecule has 0 radical (unpaired) electrons. The number of alkyl halides is 2. The van der Waals surface area contributed by atoms with Crippen molar-refractivity contribution < 1.29 is 26.7 Å². The highest BCUT2D eigenvalue weighted by molar-refractivity contribution is 5.38. The molecule has 0 amide bonds. The van der Waals surface area contributed by atoms with Crippen molar-refractivity contribution in [3.63, 3.8) is 0 Å². The molecule has 1 aliphatic rings. The van der Waals surface area contributed by atoms with E-state index < -0.39 is 40.4 Å². The van der Waals surface area contributed by atoms with Crippen molar-refractivity contribution in [1.29, 1.82) is 5.26 Å². The lowest BCUT2D eigenvalue weighted by atomic mass is 9.77. The molecular weight excluding hydrogens is 425 g/mol. The van der Waals surface area contributed by atoms with Gasteiger partial charge >= 0.3 is 6.11 Å². The fraction of sp³-hybridized carbons (Fsp3) is 0.400. The maximum atomic E-state index is 14.6. The van der Waals surface area contributed by atoms with Crippen LogP contribution < -0.4 is 4.74 Å². The smallest absolute Gasteiger partial charge is 0.429 e. The number of hydrogen-bond donors (Lipinski definition) is 0. The van der Waals surface area contributed by atoms with E-state index in [-0.39, 0.29) is 5.92 Å². The Hall–Kier alpha value is -2.88. The summed E-state index contributed by atoms with van der Waals surface area (Å²) in [7, 11) is 0. The van der Waals surface area contributed by atoms with Crippen LogP contribution in [-0.2, 0) is 6.11 Å².